The molecule has 0 fully saturated rings. The summed E-state index contributed by atoms with van der Waals surface area (Å²) in [6.45, 7) is 0. The third kappa shape index (κ3) is 1.02. The molecule has 80 valence electrons. The van der Waals surface area contributed by atoms with Crippen molar-refractivity contribution in [1.29, 1.82) is 0 Å². The number of fused-ring (bicyclic) bond motifs is 5. The zero-order valence-electron chi connectivity index (χ0n) is 9.05. The van der Waals surface area contributed by atoms with Crippen LogP contribution in [-0.2, 0) is 0 Å². The predicted octanol–water partition coefficient (Wildman–Crippen LogP) is 2.34. The standard InChI is InChI=1S/C15H9NO/c17-15-7-3-6-14-12(15)9-11-8-10-4-1-2-5-13(10)16(11)14/h1-9H. The maximum absolute atomic E-state index is 11.8. The minimum absolute atomic E-state index is 0.0929. The maximum Gasteiger partial charge on any atom is 0.188 e. The maximum atomic E-state index is 11.8. The molecule has 0 unspecified atom stereocenters. The molecule has 4 rings (SSSR count). The van der Waals surface area contributed by atoms with E-state index in [9.17, 15) is 4.79 Å². The summed E-state index contributed by atoms with van der Waals surface area (Å²) in [6.07, 6.45) is 5.43. The van der Waals surface area contributed by atoms with Gasteiger partial charge >= 0.3 is 0 Å². The summed E-state index contributed by atoms with van der Waals surface area (Å²) < 4.78 is 2.14. The average molecular weight is 219 g/mol. The summed E-state index contributed by atoms with van der Waals surface area (Å²) in [4.78, 5) is 11.8. The number of carbonyl (C=O) groups is 1. The van der Waals surface area contributed by atoms with E-state index >= 15 is 0 Å². The Kier molecular flexibility index (Phi) is 1.47. The molecule has 0 bridgehead atoms. The largest absolute Gasteiger partial charge is 0.309 e. The Morgan fingerprint density at radius 1 is 1.06 bits per heavy atom. The van der Waals surface area contributed by atoms with Crippen LogP contribution in [0.15, 0.2) is 48.6 Å². The first-order valence-corrected chi connectivity index (χ1v) is 5.60. The third-order valence-corrected chi connectivity index (χ3v) is 3.32. The smallest absolute Gasteiger partial charge is 0.188 e. The highest BCUT2D eigenvalue weighted by Crippen LogP contribution is 2.20. The zero-order valence-corrected chi connectivity index (χ0v) is 9.05. The van der Waals surface area contributed by atoms with Crippen LogP contribution in [0.1, 0.15) is 10.4 Å². The van der Waals surface area contributed by atoms with Crippen LogP contribution in [0, 0.1) is 0 Å². The molecule has 3 aromatic rings. The second-order valence-corrected chi connectivity index (χ2v) is 4.30. The summed E-state index contributed by atoms with van der Waals surface area (Å²) in [7, 11) is 0. The number of rotatable bonds is 0. The molecule has 2 nitrogen and oxygen atoms in total. The number of benzene rings is 1. The molecule has 2 heteroatoms. The van der Waals surface area contributed by atoms with Gasteiger partial charge in [0.05, 0.1) is 10.9 Å². The zero-order chi connectivity index (χ0) is 11.4. The van der Waals surface area contributed by atoms with Crippen LogP contribution in [0.3, 0.4) is 0 Å². The summed E-state index contributed by atoms with van der Waals surface area (Å²) >= 11 is 0. The lowest BCUT2D eigenvalue weighted by Gasteiger charge is -1.98. The van der Waals surface area contributed by atoms with Gasteiger partial charge in [0.25, 0.3) is 0 Å². The van der Waals surface area contributed by atoms with Crippen LogP contribution in [0.25, 0.3) is 22.5 Å². The SMILES string of the molecule is O=C1C=CC=c2c1cc1cc3ccccc3n21. The van der Waals surface area contributed by atoms with Gasteiger partial charge < -0.3 is 4.40 Å². The van der Waals surface area contributed by atoms with Crippen LogP contribution >= 0.6 is 0 Å². The predicted molar refractivity (Wildman–Crippen MR) is 68.1 cm³/mol. The number of aromatic nitrogens is 1. The van der Waals surface area contributed by atoms with Crippen molar-refractivity contribution in [2.75, 3.05) is 0 Å². The van der Waals surface area contributed by atoms with E-state index < -0.39 is 0 Å². The van der Waals surface area contributed by atoms with Crippen LogP contribution in [0.4, 0.5) is 0 Å². The first-order valence-electron chi connectivity index (χ1n) is 5.60. The lowest BCUT2D eigenvalue weighted by atomic mass is 10.1. The molecule has 0 N–H and O–H groups in total. The summed E-state index contributed by atoms with van der Waals surface area (Å²) in [5.74, 6) is 0.0929. The Labute approximate surface area is 97.5 Å². The molecule has 1 aliphatic carbocycles. The highest BCUT2D eigenvalue weighted by atomic mass is 16.1. The molecule has 0 amide bonds. The monoisotopic (exact) mass is 219 g/mol. The molecular formula is C15H9NO. The molecular weight excluding hydrogens is 210 g/mol. The quantitative estimate of drug-likeness (QED) is 0.568. The number of allylic oxidation sites excluding steroid dienone is 2. The normalized spacial score (nSPS) is 14.2. The lowest BCUT2D eigenvalue weighted by molar-refractivity contribution is 0.104. The molecule has 1 aromatic carbocycles. The Hall–Kier alpha value is -2.35. The fourth-order valence-electron chi connectivity index (χ4n) is 2.57. The summed E-state index contributed by atoms with van der Waals surface area (Å²) in [5, 5.41) is 2.20. The van der Waals surface area contributed by atoms with Gasteiger partial charge in [0.1, 0.15) is 0 Å². The van der Waals surface area contributed by atoms with E-state index in [-0.39, 0.29) is 5.78 Å². The lowest BCUT2D eigenvalue weighted by Crippen LogP contribution is -2.18. The van der Waals surface area contributed by atoms with Gasteiger partial charge in [0.2, 0.25) is 0 Å². The van der Waals surface area contributed by atoms with Crippen molar-refractivity contribution < 1.29 is 4.79 Å². The van der Waals surface area contributed by atoms with Gasteiger partial charge in [-0.05, 0) is 30.4 Å². The minimum Gasteiger partial charge on any atom is -0.309 e. The third-order valence-electron chi connectivity index (χ3n) is 3.32. The van der Waals surface area contributed by atoms with E-state index in [1.165, 1.54) is 5.39 Å². The van der Waals surface area contributed by atoms with Crippen molar-refractivity contribution in [2.24, 2.45) is 0 Å². The summed E-state index contributed by atoms with van der Waals surface area (Å²) in [6, 6.07) is 12.3. The highest BCUT2D eigenvalue weighted by Gasteiger charge is 2.14. The first kappa shape index (κ1) is 8.76. The minimum atomic E-state index is 0.0929. The van der Waals surface area contributed by atoms with Crippen molar-refractivity contribution in [2.45, 2.75) is 0 Å². The Morgan fingerprint density at radius 3 is 2.88 bits per heavy atom. The molecule has 2 aromatic heterocycles. The second-order valence-electron chi connectivity index (χ2n) is 4.30. The number of nitrogens with zero attached hydrogens (tertiary/aromatic N) is 1. The molecule has 0 saturated carbocycles. The number of carbonyl (C=O) groups excluding carboxylic acids is 1. The number of hydrogen-bond donors (Lipinski definition) is 0. The molecule has 0 spiro atoms. The number of hydrogen-bond acceptors (Lipinski definition) is 1. The second kappa shape index (κ2) is 2.86. The van der Waals surface area contributed by atoms with Gasteiger partial charge in [0, 0.05) is 16.5 Å². The van der Waals surface area contributed by atoms with Crippen LogP contribution in [0.5, 0.6) is 0 Å². The Balaban J connectivity index is 2.31. The first-order chi connectivity index (χ1) is 8.34. The van der Waals surface area contributed by atoms with Gasteiger partial charge in [0.15, 0.2) is 5.78 Å². The van der Waals surface area contributed by atoms with Crippen molar-refractivity contribution in [3.8, 4) is 0 Å². The Morgan fingerprint density at radius 2 is 1.94 bits per heavy atom. The van der Waals surface area contributed by atoms with Gasteiger partial charge in [-0.15, -0.1) is 0 Å². The van der Waals surface area contributed by atoms with E-state index in [0.29, 0.717) is 0 Å². The van der Waals surface area contributed by atoms with Crippen molar-refractivity contribution in [3.05, 3.63) is 59.5 Å². The van der Waals surface area contributed by atoms with Crippen LogP contribution in [-0.4, -0.2) is 10.2 Å². The molecule has 0 radical (unpaired) electrons. The van der Waals surface area contributed by atoms with Gasteiger partial charge in [-0.3, -0.25) is 4.79 Å². The van der Waals surface area contributed by atoms with Crippen molar-refractivity contribution in [1.82, 2.24) is 4.40 Å². The topological polar surface area (TPSA) is 21.5 Å². The molecule has 2 heterocycles. The molecule has 0 saturated heterocycles. The van der Waals surface area contributed by atoms with Crippen LogP contribution < -0.4 is 5.35 Å². The van der Waals surface area contributed by atoms with E-state index in [0.717, 1.165) is 21.9 Å². The van der Waals surface area contributed by atoms with Crippen molar-refractivity contribution in [3.63, 3.8) is 0 Å². The van der Waals surface area contributed by atoms with Crippen LogP contribution in [0.2, 0.25) is 0 Å². The molecule has 1 aliphatic rings. The fraction of sp³-hybridized carbons (Fsp3) is 0. The van der Waals surface area contributed by atoms with Gasteiger partial charge in [-0.2, -0.15) is 0 Å². The Bertz CT molecular complexity index is 852. The van der Waals surface area contributed by atoms with E-state index in [4.69, 9.17) is 0 Å². The molecule has 0 atom stereocenters. The van der Waals surface area contributed by atoms with Gasteiger partial charge in [-0.1, -0.05) is 24.3 Å². The van der Waals surface area contributed by atoms with E-state index in [1.54, 1.807) is 6.08 Å². The van der Waals surface area contributed by atoms with Crippen molar-refractivity contribution >= 4 is 28.3 Å². The van der Waals surface area contributed by atoms with E-state index in [2.05, 4.69) is 22.6 Å². The molecule has 17 heavy (non-hydrogen) atoms. The summed E-state index contributed by atoms with van der Waals surface area (Å²) in [5.41, 5.74) is 3.04. The van der Waals surface area contributed by atoms with E-state index in [1.807, 2.05) is 30.4 Å². The fourth-order valence-corrected chi connectivity index (χ4v) is 2.57. The molecule has 0 aliphatic heterocycles. The number of para-hydroxylation sites is 1. The number of ketones is 1. The average Bonchev–Trinajstić information content (AvgIpc) is 2.85. The highest BCUT2D eigenvalue weighted by molar-refractivity contribution is 6.08. The van der Waals surface area contributed by atoms with Gasteiger partial charge in [-0.25, -0.2) is 0 Å².